The summed E-state index contributed by atoms with van der Waals surface area (Å²) < 4.78 is 16.0. The zero-order valence-electron chi connectivity index (χ0n) is 16.0. The molecule has 0 fully saturated rings. The minimum atomic E-state index is -0.285. The van der Waals surface area contributed by atoms with Crippen molar-refractivity contribution in [3.63, 3.8) is 0 Å². The molecule has 0 saturated carbocycles. The highest BCUT2D eigenvalue weighted by atomic mass is 16.5. The lowest BCUT2D eigenvalue weighted by Crippen LogP contribution is -2.27. The molecular formula is C22H23NO5. The van der Waals surface area contributed by atoms with Crippen molar-refractivity contribution < 1.29 is 23.5 Å². The highest BCUT2D eigenvalue weighted by Gasteiger charge is 2.16. The summed E-state index contributed by atoms with van der Waals surface area (Å²) in [6.45, 7) is 0.676. The van der Waals surface area contributed by atoms with Crippen LogP contribution in [0.2, 0.25) is 0 Å². The Morgan fingerprint density at radius 1 is 1.04 bits per heavy atom. The second-order valence-electron chi connectivity index (χ2n) is 6.47. The van der Waals surface area contributed by atoms with E-state index in [1.54, 1.807) is 19.2 Å². The first-order valence-corrected chi connectivity index (χ1v) is 9.09. The SMILES string of the molecule is COC(=O)CCCN(C)C(=O)c1ccc(COc2ccc3ccccc3c2)o1. The molecule has 0 aliphatic carbocycles. The van der Waals surface area contributed by atoms with Crippen LogP contribution in [0.5, 0.6) is 5.75 Å². The molecule has 2 aromatic carbocycles. The summed E-state index contributed by atoms with van der Waals surface area (Å²) in [6, 6.07) is 17.3. The minimum absolute atomic E-state index is 0.234. The van der Waals surface area contributed by atoms with Crippen molar-refractivity contribution in [2.45, 2.75) is 19.4 Å². The maximum absolute atomic E-state index is 12.4. The monoisotopic (exact) mass is 381 g/mol. The first-order valence-electron chi connectivity index (χ1n) is 9.09. The third-order valence-electron chi connectivity index (χ3n) is 4.42. The quantitative estimate of drug-likeness (QED) is 0.551. The Morgan fingerprint density at radius 2 is 1.82 bits per heavy atom. The fourth-order valence-electron chi connectivity index (χ4n) is 2.83. The number of carbonyl (C=O) groups is 2. The summed E-state index contributed by atoms with van der Waals surface area (Å²) in [4.78, 5) is 25.1. The molecule has 146 valence electrons. The number of benzene rings is 2. The lowest BCUT2D eigenvalue weighted by molar-refractivity contribution is -0.140. The summed E-state index contributed by atoms with van der Waals surface area (Å²) in [5.41, 5.74) is 0. The summed E-state index contributed by atoms with van der Waals surface area (Å²) in [6.07, 6.45) is 0.810. The van der Waals surface area contributed by atoms with Gasteiger partial charge in [-0.05, 0) is 41.5 Å². The van der Waals surface area contributed by atoms with Gasteiger partial charge in [0.25, 0.3) is 5.91 Å². The number of carbonyl (C=O) groups excluding carboxylic acids is 2. The number of hydrogen-bond donors (Lipinski definition) is 0. The van der Waals surface area contributed by atoms with E-state index in [-0.39, 0.29) is 30.7 Å². The Kier molecular flexibility index (Phi) is 6.32. The van der Waals surface area contributed by atoms with Crippen molar-refractivity contribution in [2.24, 2.45) is 0 Å². The number of amides is 1. The first-order chi connectivity index (χ1) is 13.6. The smallest absolute Gasteiger partial charge is 0.305 e. The van der Waals surface area contributed by atoms with Gasteiger partial charge in [-0.3, -0.25) is 9.59 Å². The zero-order valence-corrected chi connectivity index (χ0v) is 16.0. The molecule has 1 heterocycles. The maximum atomic E-state index is 12.4. The van der Waals surface area contributed by atoms with Gasteiger partial charge in [0.15, 0.2) is 5.76 Å². The molecule has 0 N–H and O–H groups in total. The fraction of sp³-hybridized carbons (Fsp3) is 0.273. The predicted octanol–water partition coefficient (Wildman–Crippen LogP) is 4.04. The number of methoxy groups -OCH3 is 1. The van der Waals surface area contributed by atoms with E-state index in [9.17, 15) is 9.59 Å². The highest BCUT2D eigenvalue weighted by Crippen LogP contribution is 2.22. The van der Waals surface area contributed by atoms with Crippen LogP contribution >= 0.6 is 0 Å². The van der Waals surface area contributed by atoms with Crippen molar-refractivity contribution in [1.29, 1.82) is 0 Å². The molecule has 28 heavy (non-hydrogen) atoms. The van der Waals surface area contributed by atoms with Crippen molar-refractivity contribution in [2.75, 3.05) is 20.7 Å². The van der Waals surface area contributed by atoms with Crippen LogP contribution in [0.3, 0.4) is 0 Å². The summed E-state index contributed by atoms with van der Waals surface area (Å²) in [5.74, 6) is 1.04. The van der Waals surface area contributed by atoms with E-state index in [1.165, 1.54) is 12.0 Å². The Labute approximate surface area is 163 Å². The van der Waals surface area contributed by atoms with Gasteiger partial charge in [-0.2, -0.15) is 0 Å². The maximum Gasteiger partial charge on any atom is 0.305 e. The van der Waals surface area contributed by atoms with Crippen LogP contribution in [-0.2, 0) is 16.1 Å². The predicted molar refractivity (Wildman–Crippen MR) is 105 cm³/mol. The number of fused-ring (bicyclic) bond motifs is 1. The molecule has 0 atom stereocenters. The molecule has 3 rings (SSSR count). The topological polar surface area (TPSA) is 69.0 Å². The van der Waals surface area contributed by atoms with Gasteiger partial charge >= 0.3 is 5.97 Å². The number of hydrogen-bond acceptors (Lipinski definition) is 5. The van der Waals surface area contributed by atoms with Gasteiger partial charge in [0.2, 0.25) is 0 Å². The summed E-state index contributed by atoms with van der Waals surface area (Å²) in [7, 11) is 3.02. The lowest BCUT2D eigenvalue weighted by atomic mass is 10.1. The molecule has 0 saturated heterocycles. The molecular weight excluding hydrogens is 358 g/mol. The fourth-order valence-corrected chi connectivity index (χ4v) is 2.83. The molecule has 3 aromatic rings. The van der Waals surface area contributed by atoms with Crippen LogP contribution in [0.15, 0.2) is 59.0 Å². The Balaban J connectivity index is 1.54. The standard InChI is InChI=1S/C22H23NO5/c1-23(13-5-8-21(24)26-2)22(25)20-12-11-19(28-20)15-27-18-10-9-16-6-3-4-7-17(16)14-18/h3-4,6-7,9-12,14H,5,8,13,15H2,1-2H3. The molecule has 0 spiro atoms. The van der Waals surface area contributed by atoms with Gasteiger partial charge < -0.3 is 18.8 Å². The molecule has 0 unspecified atom stereocenters. The largest absolute Gasteiger partial charge is 0.486 e. The van der Waals surface area contributed by atoms with Gasteiger partial charge in [-0.1, -0.05) is 30.3 Å². The van der Waals surface area contributed by atoms with Crippen LogP contribution < -0.4 is 4.74 Å². The third-order valence-corrected chi connectivity index (χ3v) is 4.42. The van der Waals surface area contributed by atoms with E-state index in [4.69, 9.17) is 9.15 Å². The molecule has 0 aliphatic rings. The van der Waals surface area contributed by atoms with Crippen molar-refractivity contribution in [1.82, 2.24) is 4.90 Å². The highest BCUT2D eigenvalue weighted by molar-refractivity contribution is 5.91. The molecule has 0 bridgehead atoms. The second kappa shape index (κ2) is 9.08. The molecule has 6 heteroatoms. The summed E-state index contributed by atoms with van der Waals surface area (Å²) >= 11 is 0. The van der Waals surface area contributed by atoms with E-state index >= 15 is 0 Å². The molecule has 0 radical (unpaired) electrons. The number of furan rings is 1. The minimum Gasteiger partial charge on any atom is -0.486 e. The first kappa shape index (κ1) is 19.5. The van der Waals surface area contributed by atoms with E-state index in [1.807, 2.05) is 42.5 Å². The van der Waals surface area contributed by atoms with Crippen molar-refractivity contribution in [3.8, 4) is 5.75 Å². The van der Waals surface area contributed by atoms with E-state index < -0.39 is 0 Å². The average molecular weight is 381 g/mol. The van der Waals surface area contributed by atoms with E-state index in [0.29, 0.717) is 18.7 Å². The molecule has 0 aliphatic heterocycles. The Hall–Kier alpha value is -3.28. The van der Waals surface area contributed by atoms with E-state index in [2.05, 4.69) is 4.74 Å². The number of esters is 1. The van der Waals surface area contributed by atoms with Crippen LogP contribution in [-0.4, -0.2) is 37.5 Å². The molecule has 1 aromatic heterocycles. The van der Waals surface area contributed by atoms with Crippen molar-refractivity contribution >= 4 is 22.6 Å². The van der Waals surface area contributed by atoms with Crippen LogP contribution in [0, 0.1) is 0 Å². The molecule has 6 nitrogen and oxygen atoms in total. The Morgan fingerprint density at radius 3 is 2.61 bits per heavy atom. The van der Waals surface area contributed by atoms with Crippen LogP contribution in [0.4, 0.5) is 0 Å². The van der Waals surface area contributed by atoms with Gasteiger partial charge in [0.1, 0.15) is 18.1 Å². The third kappa shape index (κ3) is 4.91. The average Bonchev–Trinajstić information content (AvgIpc) is 3.20. The van der Waals surface area contributed by atoms with Crippen LogP contribution in [0.25, 0.3) is 10.8 Å². The Bertz CT molecular complexity index is 962. The lowest BCUT2D eigenvalue weighted by Gasteiger charge is -2.15. The van der Waals surface area contributed by atoms with Gasteiger partial charge in [0.05, 0.1) is 7.11 Å². The second-order valence-corrected chi connectivity index (χ2v) is 6.47. The molecule has 1 amide bonds. The van der Waals surface area contributed by atoms with Gasteiger partial charge in [-0.15, -0.1) is 0 Å². The number of rotatable bonds is 8. The number of nitrogens with zero attached hydrogens (tertiary/aromatic N) is 1. The summed E-state index contributed by atoms with van der Waals surface area (Å²) in [5, 5.41) is 2.25. The van der Waals surface area contributed by atoms with Crippen LogP contribution in [0.1, 0.15) is 29.2 Å². The van der Waals surface area contributed by atoms with Gasteiger partial charge in [0, 0.05) is 20.0 Å². The number of ether oxygens (including phenoxy) is 2. The normalized spacial score (nSPS) is 10.6. The van der Waals surface area contributed by atoms with Crippen molar-refractivity contribution in [3.05, 3.63) is 66.1 Å². The zero-order chi connectivity index (χ0) is 19.9. The van der Waals surface area contributed by atoms with E-state index in [0.717, 1.165) is 16.5 Å². The van der Waals surface area contributed by atoms with Gasteiger partial charge in [-0.25, -0.2) is 0 Å².